The van der Waals surface area contributed by atoms with Crippen molar-refractivity contribution in [2.45, 2.75) is 58.3 Å². The topological polar surface area (TPSA) is 182 Å². The SMILES string of the molecule is Cc1ccc(CN(CCCn2ccnc2)Cc2nc[nH]c2C)s1.O=C(O)CC(O)(CC(=O)O)C(=O)O. The van der Waals surface area contributed by atoms with Gasteiger partial charge in [-0.3, -0.25) is 14.5 Å². The fourth-order valence-corrected chi connectivity index (χ4v) is 4.31. The van der Waals surface area contributed by atoms with Crippen LogP contribution >= 0.6 is 11.3 Å². The van der Waals surface area contributed by atoms with Crippen molar-refractivity contribution in [1.29, 1.82) is 0 Å². The summed E-state index contributed by atoms with van der Waals surface area (Å²) in [7, 11) is 0. The van der Waals surface area contributed by atoms with Crippen molar-refractivity contribution < 1.29 is 34.8 Å². The number of aliphatic hydroxyl groups is 1. The fraction of sp³-hybridized carbons (Fsp3) is 0.435. The number of carboxylic acids is 3. The number of aryl methyl sites for hydroxylation is 3. The standard InChI is InChI=1S/C17H23N5S.C6H8O7/c1-14-4-5-16(23-14)10-22(11-17-15(2)19-12-20-17)8-3-7-21-9-6-18-13-21;7-3(8)1-6(13,5(11)12)2-4(9)10/h4-6,9,12-13H,3,7-8,10-11H2,1-2H3,(H,19,20);13H,1-2H2,(H,7,8)(H,9,10)(H,11,12). The Labute approximate surface area is 211 Å². The monoisotopic (exact) mass is 521 g/mol. The molecular weight excluding hydrogens is 490 g/mol. The van der Waals surface area contributed by atoms with Gasteiger partial charge in [-0.25, -0.2) is 14.8 Å². The number of imidazole rings is 2. The predicted octanol–water partition coefficient (Wildman–Crippen LogP) is 2.13. The van der Waals surface area contributed by atoms with Gasteiger partial charge in [0.1, 0.15) is 0 Å². The van der Waals surface area contributed by atoms with Gasteiger partial charge in [-0.2, -0.15) is 0 Å². The van der Waals surface area contributed by atoms with Crippen LogP contribution < -0.4 is 0 Å². The molecule has 36 heavy (non-hydrogen) atoms. The van der Waals surface area contributed by atoms with Crippen molar-refractivity contribution in [2.24, 2.45) is 0 Å². The van der Waals surface area contributed by atoms with Crippen LogP contribution in [0.4, 0.5) is 0 Å². The maximum atomic E-state index is 10.3. The van der Waals surface area contributed by atoms with E-state index in [-0.39, 0.29) is 0 Å². The molecule has 0 radical (unpaired) electrons. The average Bonchev–Trinajstić information content (AvgIpc) is 3.51. The van der Waals surface area contributed by atoms with Crippen LogP contribution in [0.2, 0.25) is 0 Å². The van der Waals surface area contributed by atoms with Crippen molar-refractivity contribution in [3.05, 3.63) is 58.3 Å². The Hall–Kier alpha value is -3.55. The Morgan fingerprint density at radius 3 is 2.28 bits per heavy atom. The molecule has 12 nitrogen and oxygen atoms in total. The molecule has 3 heterocycles. The highest BCUT2D eigenvalue weighted by atomic mass is 32.1. The van der Waals surface area contributed by atoms with Crippen molar-refractivity contribution in [2.75, 3.05) is 6.54 Å². The summed E-state index contributed by atoms with van der Waals surface area (Å²) in [5.74, 6) is -5.02. The van der Waals surface area contributed by atoms with E-state index in [9.17, 15) is 14.4 Å². The Morgan fingerprint density at radius 1 is 1.11 bits per heavy atom. The zero-order valence-corrected chi connectivity index (χ0v) is 20.9. The van der Waals surface area contributed by atoms with Gasteiger partial charge in [-0.15, -0.1) is 11.3 Å². The first-order valence-electron chi connectivity index (χ1n) is 11.1. The molecule has 0 saturated carbocycles. The number of carboxylic acid groups (broad SMARTS) is 3. The van der Waals surface area contributed by atoms with Gasteiger partial charge in [-0.1, -0.05) is 0 Å². The smallest absolute Gasteiger partial charge is 0.336 e. The lowest BCUT2D eigenvalue weighted by molar-refractivity contribution is -0.170. The third kappa shape index (κ3) is 9.60. The van der Waals surface area contributed by atoms with E-state index in [2.05, 4.69) is 50.4 Å². The molecule has 0 fully saturated rings. The predicted molar refractivity (Wildman–Crippen MR) is 130 cm³/mol. The summed E-state index contributed by atoms with van der Waals surface area (Å²) in [5, 5.41) is 33.8. The highest BCUT2D eigenvalue weighted by Gasteiger charge is 2.40. The highest BCUT2D eigenvalue weighted by molar-refractivity contribution is 7.11. The molecule has 0 spiro atoms. The molecule has 0 aliphatic rings. The number of H-pyrrole nitrogens is 1. The lowest BCUT2D eigenvalue weighted by atomic mass is 9.96. The lowest BCUT2D eigenvalue weighted by Crippen LogP contribution is -2.42. The molecule has 0 amide bonds. The summed E-state index contributed by atoms with van der Waals surface area (Å²) in [4.78, 5) is 47.5. The van der Waals surface area contributed by atoms with Gasteiger partial charge in [0, 0.05) is 54.0 Å². The minimum absolute atomic E-state index is 0.885. The zero-order chi connectivity index (χ0) is 26.7. The average molecular weight is 522 g/mol. The lowest BCUT2D eigenvalue weighted by Gasteiger charge is -2.21. The summed E-state index contributed by atoms with van der Waals surface area (Å²) >= 11 is 1.88. The van der Waals surface area contributed by atoms with Crippen LogP contribution in [0.1, 0.15) is 40.4 Å². The van der Waals surface area contributed by atoms with Crippen molar-refractivity contribution >= 4 is 29.2 Å². The van der Waals surface area contributed by atoms with Crippen LogP contribution in [-0.4, -0.2) is 74.9 Å². The second kappa shape index (κ2) is 13.5. The van der Waals surface area contributed by atoms with E-state index in [0.29, 0.717) is 0 Å². The molecule has 13 heteroatoms. The minimum Gasteiger partial charge on any atom is -0.481 e. The number of aliphatic carboxylic acids is 3. The van der Waals surface area contributed by atoms with Crippen LogP contribution in [-0.2, 0) is 34.0 Å². The first kappa shape index (κ1) is 28.7. The molecule has 0 aliphatic heterocycles. The van der Waals surface area contributed by atoms with Crippen LogP contribution in [0.3, 0.4) is 0 Å². The van der Waals surface area contributed by atoms with Gasteiger partial charge in [0.25, 0.3) is 0 Å². The zero-order valence-electron chi connectivity index (χ0n) is 20.1. The van der Waals surface area contributed by atoms with Crippen LogP contribution in [0, 0.1) is 13.8 Å². The van der Waals surface area contributed by atoms with E-state index >= 15 is 0 Å². The number of hydrogen-bond acceptors (Lipinski definition) is 8. The van der Waals surface area contributed by atoms with Crippen LogP contribution in [0.25, 0.3) is 0 Å². The molecule has 0 aliphatic carbocycles. The van der Waals surface area contributed by atoms with Crippen LogP contribution in [0.15, 0.2) is 37.2 Å². The second-order valence-corrected chi connectivity index (χ2v) is 9.70. The summed E-state index contributed by atoms with van der Waals surface area (Å²) in [6.07, 6.45) is 6.33. The maximum Gasteiger partial charge on any atom is 0.336 e. The number of aromatic amines is 1. The summed E-state index contributed by atoms with van der Waals surface area (Å²) in [5.41, 5.74) is -0.439. The van der Waals surface area contributed by atoms with Gasteiger partial charge in [0.05, 0.1) is 31.2 Å². The fourth-order valence-electron chi connectivity index (χ4n) is 3.37. The highest BCUT2D eigenvalue weighted by Crippen LogP contribution is 2.19. The first-order chi connectivity index (χ1) is 17.0. The van der Waals surface area contributed by atoms with E-state index in [0.717, 1.165) is 44.0 Å². The van der Waals surface area contributed by atoms with Gasteiger partial charge in [-0.05, 0) is 32.4 Å². The molecule has 0 bridgehead atoms. The number of carbonyl (C=O) groups is 3. The van der Waals surface area contributed by atoms with Crippen molar-refractivity contribution in [3.8, 4) is 0 Å². The molecule has 3 aromatic heterocycles. The molecule has 0 atom stereocenters. The van der Waals surface area contributed by atoms with E-state index in [1.54, 1.807) is 6.33 Å². The quantitative estimate of drug-likeness (QED) is 0.223. The minimum atomic E-state index is -2.74. The van der Waals surface area contributed by atoms with E-state index in [1.807, 2.05) is 30.1 Å². The van der Waals surface area contributed by atoms with Gasteiger partial charge < -0.3 is 30.0 Å². The maximum absolute atomic E-state index is 10.3. The van der Waals surface area contributed by atoms with Gasteiger partial charge in [0.2, 0.25) is 0 Å². The third-order valence-corrected chi connectivity index (χ3v) is 6.20. The summed E-state index contributed by atoms with van der Waals surface area (Å²) < 4.78 is 2.13. The Morgan fingerprint density at radius 2 is 1.81 bits per heavy atom. The molecule has 5 N–H and O–H groups in total. The molecule has 0 unspecified atom stereocenters. The molecule has 3 rings (SSSR count). The largest absolute Gasteiger partial charge is 0.481 e. The Bertz CT molecular complexity index is 1110. The van der Waals surface area contributed by atoms with Gasteiger partial charge in [0.15, 0.2) is 5.60 Å². The van der Waals surface area contributed by atoms with E-state index in [4.69, 9.17) is 20.4 Å². The second-order valence-electron chi connectivity index (χ2n) is 8.33. The molecule has 3 aromatic rings. The number of rotatable bonds is 13. The van der Waals surface area contributed by atoms with Crippen LogP contribution in [0.5, 0.6) is 0 Å². The molecular formula is C23H31N5O7S. The number of nitrogens with one attached hydrogen (secondary N) is 1. The Balaban J connectivity index is 0.000000302. The third-order valence-electron chi connectivity index (χ3n) is 5.22. The number of aromatic nitrogens is 4. The number of thiophene rings is 1. The molecule has 0 aromatic carbocycles. The van der Waals surface area contributed by atoms with Gasteiger partial charge >= 0.3 is 17.9 Å². The van der Waals surface area contributed by atoms with Crippen molar-refractivity contribution in [1.82, 2.24) is 24.4 Å². The number of hydrogen-bond donors (Lipinski definition) is 5. The normalized spacial score (nSPS) is 11.2. The molecule has 0 saturated heterocycles. The summed E-state index contributed by atoms with van der Waals surface area (Å²) in [6, 6.07) is 4.43. The number of nitrogens with zero attached hydrogens (tertiary/aromatic N) is 4. The van der Waals surface area contributed by atoms with E-state index < -0.39 is 36.4 Å². The Kier molecular flexibility index (Phi) is 10.8. The summed E-state index contributed by atoms with van der Waals surface area (Å²) in [6.45, 7) is 8.16. The van der Waals surface area contributed by atoms with Crippen molar-refractivity contribution in [3.63, 3.8) is 0 Å². The molecule has 196 valence electrons. The first-order valence-corrected chi connectivity index (χ1v) is 11.9. The van der Waals surface area contributed by atoms with E-state index in [1.165, 1.54) is 9.75 Å².